The Morgan fingerprint density at radius 3 is 2.36 bits per heavy atom. The number of ether oxygens (including phenoxy) is 2. The van der Waals surface area contributed by atoms with Crippen LogP contribution in [-0.2, 0) is 14.3 Å². The van der Waals surface area contributed by atoms with Crippen LogP contribution in [0.2, 0.25) is 0 Å². The number of benzene rings is 2. The lowest BCUT2D eigenvalue weighted by molar-refractivity contribution is -0.140. The lowest BCUT2D eigenvalue weighted by atomic mass is 9.86. The number of cyclic esters (lactones) is 1. The van der Waals surface area contributed by atoms with Gasteiger partial charge in [-0.15, -0.1) is 0 Å². The highest BCUT2D eigenvalue weighted by molar-refractivity contribution is 5.93. The maximum atomic E-state index is 12.7. The molecule has 204 valence electrons. The monoisotopic (exact) mass is 526 g/mol. The highest BCUT2D eigenvalue weighted by Crippen LogP contribution is 2.28. The number of hydrogen-bond donors (Lipinski definition) is 0. The summed E-state index contributed by atoms with van der Waals surface area (Å²) < 4.78 is 16.6. The number of aryl methyl sites for hydroxylation is 1. The topological polar surface area (TPSA) is 65.7 Å². The molecule has 0 radical (unpaired) electrons. The van der Waals surface area contributed by atoms with Gasteiger partial charge in [0.1, 0.15) is 18.3 Å². The van der Waals surface area contributed by atoms with Gasteiger partial charge in [-0.1, -0.05) is 63.3 Å². The van der Waals surface area contributed by atoms with Gasteiger partial charge < -0.3 is 13.9 Å². The molecule has 0 saturated carbocycles. The molecule has 1 fully saturated rings. The van der Waals surface area contributed by atoms with Crippen LogP contribution in [-0.4, -0.2) is 24.6 Å². The molecule has 2 aromatic carbocycles. The number of hydrogen-bond acceptors (Lipinski definition) is 5. The first-order valence-electron chi connectivity index (χ1n) is 13.9. The van der Waals surface area contributed by atoms with Crippen LogP contribution < -0.4 is 0 Å². The van der Waals surface area contributed by atoms with Crippen molar-refractivity contribution in [2.24, 2.45) is 17.8 Å². The Kier molecular flexibility index (Phi) is 9.30. The molecule has 5 nitrogen and oxygen atoms in total. The van der Waals surface area contributed by atoms with Gasteiger partial charge in [0, 0.05) is 28.5 Å². The molecule has 0 N–H and O–H groups in total. The highest BCUT2D eigenvalue weighted by Gasteiger charge is 2.30. The standard InChI is InChI=1S/C34H38O5/c1-22(2)16-27(17-23(3)4)12-14-28-19-30(38-33(28)35)21-37-34(36)32-20-29-18-26(13-15-31(29)39-32)11-10-25-8-6-24(5)7-9-25/h6-9,13-15,18,20,22-23,27,30H,12,16-17,19,21H2,1-5H3/b28-14+. The molecule has 1 atom stereocenters. The van der Waals surface area contributed by atoms with E-state index in [1.165, 1.54) is 5.56 Å². The third-order valence-electron chi connectivity index (χ3n) is 6.81. The van der Waals surface area contributed by atoms with Crippen LogP contribution in [0.25, 0.3) is 11.0 Å². The molecule has 0 spiro atoms. The van der Waals surface area contributed by atoms with E-state index < -0.39 is 12.1 Å². The van der Waals surface area contributed by atoms with Gasteiger partial charge in [0.05, 0.1) is 0 Å². The van der Waals surface area contributed by atoms with E-state index in [-0.39, 0.29) is 18.3 Å². The number of fused-ring (bicyclic) bond motifs is 1. The Balaban J connectivity index is 1.33. The first kappa shape index (κ1) is 28.2. The smallest absolute Gasteiger partial charge is 0.374 e. The lowest BCUT2D eigenvalue weighted by Crippen LogP contribution is -2.18. The minimum atomic E-state index is -0.583. The average molecular weight is 527 g/mol. The molecule has 39 heavy (non-hydrogen) atoms. The normalized spacial score (nSPS) is 16.3. The summed E-state index contributed by atoms with van der Waals surface area (Å²) >= 11 is 0. The van der Waals surface area contributed by atoms with Gasteiger partial charge in [0.2, 0.25) is 5.76 Å². The van der Waals surface area contributed by atoms with Crippen molar-refractivity contribution in [2.75, 3.05) is 6.61 Å². The molecule has 0 bridgehead atoms. The fourth-order valence-electron chi connectivity index (χ4n) is 5.03. The average Bonchev–Trinajstić information content (AvgIpc) is 3.47. The van der Waals surface area contributed by atoms with Crippen molar-refractivity contribution >= 4 is 22.9 Å². The van der Waals surface area contributed by atoms with Gasteiger partial charge in [0.25, 0.3) is 0 Å². The minimum absolute atomic E-state index is 0.00630. The number of furan rings is 1. The number of rotatable bonds is 9. The van der Waals surface area contributed by atoms with E-state index in [0.29, 0.717) is 35.3 Å². The number of esters is 2. The van der Waals surface area contributed by atoms with Crippen LogP contribution in [0.4, 0.5) is 0 Å². The fourth-order valence-corrected chi connectivity index (χ4v) is 5.03. The number of carbonyl (C=O) groups excluding carboxylic acids is 2. The summed E-state index contributed by atoms with van der Waals surface area (Å²) in [5.41, 5.74) is 4.21. The van der Waals surface area contributed by atoms with Crippen molar-refractivity contribution in [3.8, 4) is 11.8 Å². The summed E-state index contributed by atoms with van der Waals surface area (Å²) in [5.74, 6) is 7.30. The Labute approximate surface area is 231 Å². The molecule has 5 heteroatoms. The molecular weight excluding hydrogens is 488 g/mol. The Bertz CT molecular complexity index is 1380. The molecule has 1 aliphatic heterocycles. The van der Waals surface area contributed by atoms with Gasteiger partial charge in [-0.25, -0.2) is 9.59 Å². The van der Waals surface area contributed by atoms with Crippen LogP contribution in [0.5, 0.6) is 0 Å². The van der Waals surface area contributed by atoms with Gasteiger partial charge in [0.15, 0.2) is 0 Å². The Hall–Kier alpha value is -3.78. The van der Waals surface area contributed by atoms with Crippen molar-refractivity contribution in [1.29, 1.82) is 0 Å². The van der Waals surface area contributed by atoms with Gasteiger partial charge in [-0.05, 0) is 80.3 Å². The molecule has 1 saturated heterocycles. The van der Waals surface area contributed by atoms with Gasteiger partial charge in [-0.2, -0.15) is 0 Å². The van der Waals surface area contributed by atoms with E-state index in [4.69, 9.17) is 13.9 Å². The second kappa shape index (κ2) is 12.8. The SMILES string of the molecule is Cc1ccc(C#Cc2ccc3oc(C(=O)OCC4C/C(=C\CC(CC(C)C)CC(C)C)C(=O)O4)cc3c2)cc1. The summed E-state index contributed by atoms with van der Waals surface area (Å²) in [6, 6.07) is 15.2. The highest BCUT2D eigenvalue weighted by atomic mass is 16.6. The predicted molar refractivity (Wildman–Crippen MR) is 153 cm³/mol. The van der Waals surface area contributed by atoms with E-state index in [1.807, 2.05) is 49.4 Å². The Morgan fingerprint density at radius 1 is 1.00 bits per heavy atom. The number of allylic oxidation sites excluding steroid dienone is 1. The van der Waals surface area contributed by atoms with Crippen LogP contribution in [0, 0.1) is 36.5 Å². The maximum Gasteiger partial charge on any atom is 0.374 e. The molecule has 4 rings (SSSR count). The lowest BCUT2D eigenvalue weighted by Gasteiger charge is -2.19. The maximum absolute atomic E-state index is 12.7. The minimum Gasteiger partial charge on any atom is -0.456 e. The van der Waals surface area contributed by atoms with Crippen LogP contribution in [0.15, 0.2) is 64.6 Å². The summed E-state index contributed by atoms with van der Waals surface area (Å²) in [6.45, 7) is 11.0. The summed E-state index contributed by atoms with van der Waals surface area (Å²) in [5, 5.41) is 0.771. The quantitative estimate of drug-likeness (QED) is 0.163. The molecule has 3 aromatic rings. The Morgan fingerprint density at radius 2 is 1.67 bits per heavy atom. The van der Waals surface area contributed by atoms with E-state index >= 15 is 0 Å². The predicted octanol–water partition coefficient (Wildman–Crippen LogP) is 7.64. The van der Waals surface area contributed by atoms with Crippen molar-refractivity contribution in [3.63, 3.8) is 0 Å². The van der Waals surface area contributed by atoms with E-state index in [0.717, 1.165) is 35.8 Å². The van der Waals surface area contributed by atoms with Gasteiger partial charge in [-0.3, -0.25) is 0 Å². The summed E-state index contributed by atoms with van der Waals surface area (Å²) in [4.78, 5) is 25.1. The zero-order chi connectivity index (χ0) is 27.9. The molecule has 1 aliphatic rings. The largest absolute Gasteiger partial charge is 0.456 e. The molecule has 0 aliphatic carbocycles. The first-order chi connectivity index (χ1) is 18.7. The summed E-state index contributed by atoms with van der Waals surface area (Å²) in [7, 11) is 0. The van der Waals surface area contributed by atoms with Crippen molar-refractivity contribution in [1.82, 2.24) is 0 Å². The zero-order valence-corrected chi connectivity index (χ0v) is 23.6. The molecule has 1 unspecified atom stereocenters. The third-order valence-corrected chi connectivity index (χ3v) is 6.81. The first-order valence-corrected chi connectivity index (χ1v) is 13.9. The molecule has 1 aromatic heterocycles. The fraction of sp³-hybridized carbons (Fsp3) is 0.412. The number of carbonyl (C=O) groups is 2. The van der Waals surface area contributed by atoms with Crippen molar-refractivity contribution in [2.45, 2.75) is 66.4 Å². The second-order valence-corrected chi connectivity index (χ2v) is 11.4. The van der Waals surface area contributed by atoms with Crippen LogP contribution in [0.1, 0.15) is 80.6 Å². The van der Waals surface area contributed by atoms with Crippen molar-refractivity contribution < 1.29 is 23.5 Å². The van der Waals surface area contributed by atoms with Gasteiger partial charge >= 0.3 is 11.9 Å². The van der Waals surface area contributed by atoms with Crippen LogP contribution in [0.3, 0.4) is 0 Å². The summed E-state index contributed by atoms with van der Waals surface area (Å²) in [6.07, 6.45) is 5.13. The zero-order valence-electron chi connectivity index (χ0n) is 23.6. The van der Waals surface area contributed by atoms with E-state index in [1.54, 1.807) is 12.1 Å². The third kappa shape index (κ3) is 8.10. The molecule has 0 amide bonds. The molecule has 2 heterocycles. The molecular formula is C34H38O5. The second-order valence-electron chi connectivity index (χ2n) is 11.4. The van der Waals surface area contributed by atoms with Crippen LogP contribution >= 0.6 is 0 Å². The van der Waals surface area contributed by atoms with Crippen molar-refractivity contribution in [3.05, 3.63) is 82.6 Å². The van der Waals surface area contributed by atoms with E-state index in [2.05, 4.69) is 39.5 Å². The van der Waals surface area contributed by atoms with E-state index in [9.17, 15) is 9.59 Å².